The molecule has 0 fully saturated rings. The third kappa shape index (κ3) is 4.56. The van der Waals surface area contributed by atoms with Crippen molar-refractivity contribution < 1.29 is 5.11 Å². The monoisotopic (exact) mass is 374 g/mol. The van der Waals surface area contributed by atoms with Gasteiger partial charge in [0, 0.05) is 34.2 Å². The highest BCUT2D eigenvalue weighted by atomic mass is 32.1. The average molecular weight is 375 g/mol. The third-order valence-corrected chi connectivity index (χ3v) is 6.18. The maximum absolute atomic E-state index is 10.4. The van der Waals surface area contributed by atoms with Crippen molar-refractivity contribution in [1.82, 2.24) is 15.6 Å². The number of aliphatic imine (C=N–C) groups is 1. The first-order chi connectivity index (χ1) is 12.2. The molecule has 5 nitrogen and oxygen atoms in total. The van der Waals surface area contributed by atoms with Gasteiger partial charge in [-0.25, -0.2) is 4.98 Å². The second kappa shape index (κ2) is 8.42. The number of rotatable bonds is 6. The molecule has 7 heteroatoms. The zero-order valence-electron chi connectivity index (χ0n) is 14.3. The summed E-state index contributed by atoms with van der Waals surface area (Å²) in [4.78, 5) is 10.8. The van der Waals surface area contributed by atoms with E-state index < -0.39 is 6.10 Å². The molecule has 2 aromatic heterocycles. The van der Waals surface area contributed by atoms with Crippen LogP contribution in [0.2, 0.25) is 0 Å². The number of aryl methyl sites for hydroxylation is 1. The van der Waals surface area contributed by atoms with Crippen molar-refractivity contribution in [3.8, 4) is 0 Å². The molecule has 1 atom stereocenters. The molecule has 0 aliphatic heterocycles. The number of thiophene rings is 1. The van der Waals surface area contributed by atoms with Gasteiger partial charge in [-0.05, 0) is 23.9 Å². The van der Waals surface area contributed by atoms with Crippen LogP contribution < -0.4 is 10.6 Å². The number of nitrogens with one attached hydrogen (secondary N) is 2. The fourth-order valence-electron chi connectivity index (χ4n) is 2.43. The molecule has 0 saturated heterocycles. The molecule has 3 N–H and O–H groups in total. The van der Waals surface area contributed by atoms with E-state index in [1.165, 1.54) is 15.0 Å². The molecule has 132 valence electrons. The van der Waals surface area contributed by atoms with Crippen LogP contribution in [0.4, 0.5) is 0 Å². The smallest absolute Gasteiger partial charge is 0.191 e. The average Bonchev–Trinajstić information content (AvgIpc) is 3.28. The van der Waals surface area contributed by atoms with Gasteiger partial charge in [-0.15, -0.1) is 22.7 Å². The van der Waals surface area contributed by atoms with Crippen LogP contribution in [0, 0.1) is 0 Å². The lowest BCUT2D eigenvalue weighted by molar-refractivity contribution is 0.184. The number of guanidine groups is 1. The summed E-state index contributed by atoms with van der Waals surface area (Å²) in [6.07, 6.45) is 2.36. The Labute approximate surface area is 155 Å². The molecular formula is C18H22N4OS2. The quantitative estimate of drug-likeness (QED) is 0.457. The summed E-state index contributed by atoms with van der Waals surface area (Å²) in [6.45, 7) is 3.16. The number of nitrogens with zero attached hydrogens (tertiary/aromatic N) is 2. The summed E-state index contributed by atoms with van der Waals surface area (Å²) in [7, 11) is 1.72. The topological polar surface area (TPSA) is 69.5 Å². The molecule has 3 aromatic rings. The van der Waals surface area contributed by atoms with Crippen LogP contribution in [0.5, 0.6) is 0 Å². The number of aromatic nitrogens is 1. The molecule has 1 aromatic carbocycles. The molecular weight excluding hydrogens is 352 g/mol. The Morgan fingerprint density at radius 3 is 2.84 bits per heavy atom. The summed E-state index contributed by atoms with van der Waals surface area (Å²) in [5.41, 5.74) is 0. The fraction of sp³-hybridized carbons (Fsp3) is 0.333. The summed E-state index contributed by atoms with van der Waals surface area (Å²) in [5, 5.41) is 19.1. The molecule has 0 saturated carbocycles. The molecule has 2 heterocycles. The molecule has 3 rings (SSSR count). The van der Waals surface area contributed by atoms with E-state index in [0.29, 0.717) is 19.0 Å². The lowest BCUT2D eigenvalue weighted by Gasteiger charge is -2.14. The fourth-order valence-corrected chi connectivity index (χ4v) is 4.29. The Morgan fingerprint density at radius 2 is 2.12 bits per heavy atom. The van der Waals surface area contributed by atoms with Crippen LogP contribution >= 0.6 is 22.7 Å². The Kier molecular flexibility index (Phi) is 6.01. The normalized spacial score (nSPS) is 13.2. The van der Waals surface area contributed by atoms with Gasteiger partial charge in [-0.1, -0.05) is 25.1 Å². The van der Waals surface area contributed by atoms with E-state index in [9.17, 15) is 5.11 Å². The van der Waals surface area contributed by atoms with Gasteiger partial charge in [0.2, 0.25) is 0 Å². The number of thiazole rings is 1. The Hall–Kier alpha value is -1.96. The van der Waals surface area contributed by atoms with Crippen molar-refractivity contribution in [3.63, 3.8) is 0 Å². The van der Waals surface area contributed by atoms with Crippen LogP contribution in [0.15, 0.2) is 41.5 Å². The van der Waals surface area contributed by atoms with Gasteiger partial charge in [0.05, 0.1) is 6.54 Å². The minimum Gasteiger partial charge on any atom is -0.386 e. The summed E-state index contributed by atoms with van der Waals surface area (Å²) >= 11 is 3.33. The highest BCUT2D eigenvalue weighted by Gasteiger charge is 2.12. The first kappa shape index (κ1) is 17.8. The van der Waals surface area contributed by atoms with E-state index in [-0.39, 0.29) is 0 Å². The standard InChI is InChI=1S/C18H22N4OS2/c1-3-13-9-20-17(24-13)11-22-18(19-2)21-10-14(23)16-8-12-6-4-5-7-15(12)25-16/h4-9,14,23H,3,10-11H2,1-2H3,(H2,19,21,22). The number of benzene rings is 1. The minimum atomic E-state index is -0.567. The Morgan fingerprint density at radius 1 is 1.28 bits per heavy atom. The second-order valence-electron chi connectivity index (χ2n) is 5.58. The molecule has 0 amide bonds. The summed E-state index contributed by atoms with van der Waals surface area (Å²) in [5.74, 6) is 0.661. The van der Waals surface area contributed by atoms with Crippen molar-refractivity contribution >= 4 is 38.7 Å². The van der Waals surface area contributed by atoms with E-state index in [1.54, 1.807) is 29.7 Å². The Bertz CT molecular complexity index is 823. The number of aliphatic hydroxyl groups excluding tert-OH is 1. The van der Waals surface area contributed by atoms with Crippen LogP contribution in [-0.4, -0.2) is 29.6 Å². The van der Waals surface area contributed by atoms with Crippen molar-refractivity contribution in [2.45, 2.75) is 26.0 Å². The largest absolute Gasteiger partial charge is 0.386 e. The van der Waals surface area contributed by atoms with E-state index in [1.807, 2.05) is 24.4 Å². The highest BCUT2D eigenvalue weighted by molar-refractivity contribution is 7.19. The maximum atomic E-state index is 10.4. The highest BCUT2D eigenvalue weighted by Crippen LogP contribution is 2.29. The number of hydrogen-bond donors (Lipinski definition) is 3. The van der Waals surface area contributed by atoms with Gasteiger partial charge in [-0.2, -0.15) is 0 Å². The van der Waals surface area contributed by atoms with E-state index >= 15 is 0 Å². The molecule has 0 aliphatic carbocycles. The van der Waals surface area contributed by atoms with Gasteiger partial charge in [0.1, 0.15) is 11.1 Å². The number of fused-ring (bicyclic) bond motifs is 1. The minimum absolute atomic E-state index is 0.407. The number of aliphatic hydroxyl groups is 1. The van der Waals surface area contributed by atoms with Gasteiger partial charge in [0.15, 0.2) is 5.96 Å². The van der Waals surface area contributed by atoms with E-state index in [4.69, 9.17) is 0 Å². The maximum Gasteiger partial charge on any atom is 0.191 e. The molecule has 0 bridgehead atoms. The van der Waals surface area contributed by atoms with Crippen LogP contribution in [0.3, 0.4) is 0 Å². The summed E-state index contributed by atoms with van der Waals surface area (Å²) < 4.78 is 1.19. The van der Waals surface area contributed by atoms with Crippen molar-refractivity contribution in [3.05, 3.63) is 51.3 Å². The zero-order chi connectivity index (χ0) is 17.6. The number of hydrogen-bond acceptors (Lipinski definition) is 5. The first-order valence-corrected chi connectivity index (χ1v) is 9.87. The van der Waals surface area contributed by atoms with E-state index in [2.05, 4.69) is 39.7 Å². The van der Waals surface area contributed by atoms with Crippen molar-refractivity contribution in [2.75, 3.05) is 13.6 Å². The van der Waals surface area contributed by atoms with Gasteiger partial charge >= 0.3 is 0 Å². The predicted molar refractivity (Wildman–Crippen MR) is 106 cm³/mol. The SMILES string of the molecule is CCc1cnc(CNC(=NC)NCC(O)c2cc3ccccc3s2)s1. The second-order valence-corrected chi connectivity index (χ2v) is 7.90. The lowest BCUT2D eigenvalue weighted by atomic mass is 10.2. The predicted octanol–water partition coefficient (Wildman–Crippen LogP) is 3.32. The Balaban J connectivity index is 1.53. The summed E-state index contributed by atoms with van der Waals surface area (Å²) in [6, 6.07) is 10.2. The lowest BCUT2D eigenvalue weighted by Crippen LogP contribution is -2.38. The third-order valence-electron chi connectivity index (χ3n) is 3.82. The van der Waals surface area contributed by atoms with Crippen LogP contribution in [-0.2, 0) is 13.0 Å². The molecule has 0 radical (unpaired) electrons. The van der Waals surface area contributed by atoms with Crippen molar-refractivity contribution in [2.24, 2.45) is 4.99 Å². The van der Waals surface area contributed by atoms with Crippen molar-refractivity contribution in [1.29, 1.82) is 0 Å². The molecule has 1 unspecified atom stereocenters. The van der Waals surface area contributed by atoms with Crippen LogP contribution in [0.1, 0.15) is 27.8 Å². The molecule has 0 aliphatic rings. The van der Waals surface area contributed by atoms with Crippen LogP contribution in [0.25, 0.3) is 10.1 Å². The van der Waals surface area contributed by atoms with E-state index in [0.717, 1.165) is 16.3 Å². The van der Waals surface area contributed by atoms with Gasteiger partial charge < -0.3 is 15.7 Å². The first-order valence-electron chi connectivity index (χ1n) is 8.24. The van der Waals surface area contributed by atoms with Gasteiger partial charge in [0.25, 0.3) is 0 Å². The molecule has 0 spiro atoms. The zero-order valence-corrected chi connectivity index (χ0v) is 16.0. The van der Waals surface area contributed by atoms with Gasteiger partial charge in [-0.3, -0.25) is 4.99 Å². The molecule has 25 heavy (non-hydrogen) atoms.